The molecule has 1 atom stereocenters. The van der Waals surface area contributed by atoms with E-state index < -0.39 is 5.97 Å². The van der Waals surface area contributed by atoms with Gasteiger partial charge in [-0.15, -0.1) is 11.3 Å². The van der Waals surface area contributed by atoms with Gasteiger partial charge < -0.3 is 10.8 Å². The highest BCUT2D eigenvalue weighted by atomic mass is 79.9. The Bertz CT molecular complexity index is 553. The smallest absolute Gasteiger partial charge is 0.335 e. The Morgan fingerprint density at radius 2 is 2.18 bits per heavy atom. The molecule has 0 bridgehead atoms. The SMILES string of the molecule is NC(c1cccc(C(=O)O)c1)c1cc(Br)cs1. The van der Waals surface area contributed by atoms with Gasteiger partial charge in [-0.2, -0.15) is 0 Å². The maximum Gasteiger partial charge on any atom is 0.335 e. The second-order valence-electron chi connectivity index (χ2n) is 3.58. The van der Waals surface area contributed by atoms with Gasteiger partial charge in [-0.05, 0) is 39.7 Å². The highest BCUT2D eigenvalue weighted by Gasteiger charge is 2.13. The summed E-state index contributed by atoms with van der Waals surface area (Å²) in [6.07, 6.45) is 0. The third-order valence-electron chi connectivity index (χ3n) is 2.39. The van der Waals surface area contributed by atoms with Gasteiger partial charge in [0.1, 0.15) is 0 Å². The Morgan fingerprint density at radius 1 is 1.41 bits per heavy atom. The first-order chi connectivity index (χ1) is 8.08. The first-order valence-electron chi connectivity index (χ1n) is 4.90. The van der Waals surface area contributed by atoms with Crippen LogP contribution in [0.4, 0.5) is 0 Å². The minimum Gasteiger partial charge on any atom is -0.478 e. The normalized spacial score (nSPS) is 12.4. The number of aromatic carboxylic acids is 1. The first kappa shape index (κ1) is 12.3. The lowest BCUT2D eigenvalue weighted by Crippen LogP contribution is -2.11. The third-order valence-corrected chi connectivity index (χ3v) is 4.16. The Balaban J connectivity index is 2.33. The van der Waals surface area contributed by atoms with E-state index in [1.807, 2.05) is 17.5 Å². The molecule has 0 amide bonds. The van der Waals surface area contributed by atoms with Crippen molar-refractivity contribution in [2.24, 2.45) is 5.73 Å². The molecule has 2 aromatic rings. The number of carboxylic acid groups (broad SMARTS) is 1. The quantitative estimate of drug-likeness (QED) is 0.914. The van der Waals surface area contributed by atoms with E-state index in [2.05, 4.69) is 15.9 Å². The number of benzene rings is 1. The molecule has 0 fully saturated rings. The van der Waals surface area contributed by atoms with E-state index in [0.717, 1.165) is 14.9 Å². The number of hydrogen-bond acceptors (Lipinski definition) is 3. The van der Waals surface area contributed by atoms with Gasteiger partial charge in [0.15, 0.2) is 0 Å². The highest BCUT2D eigenvalue weighted by Crippen LogP contribution is 2.28. The number of halogens is 1. The molecule has 17 heavy (non-hydrogen) atoms. The largest absolute Gasteiger partial charge is 0.478 e. The van der Waals surface area contributed by atoms with Crippen LogP contribution in [0, 0.1) is 0 Å². The monoisotopic (exact) mass is 311 g/mol. The fraction of sp³-hybridized carbons (Fsp3) is 0.0833. The topological polar surface area (TPSA) is 63.3 Å². The lowest BCUT2D eigenvalue weighted by Gasteiger charge is -2.10. The number of rotatable bonds is 3. The lowest BCUT2D eigenvalue weighted by molar-refractivity contribution is 0.0697. The average Bonchev–Trinajstić information content (AvgIpc) is 2.75. The molecule has 5 heteroatoms. The minimum absolute atomic E-state index is 0.258. The molecule has 3 nitrogen and oxygen atoms in total. The van der Waals surface area contributed by atoms with Crippen molar-refractivity contribution in [1.82, 2.24) is 0 Å². The summed E-state index contributed by atoms with van der Waals surface area (Å²) in [6.45, 7) is 0. The van der Waals surface area contributed by atoms with Crippen LogP contribution in [-0.2, 0) is 0 Å². The molecule has 1 aromatic heterocycles. The summed E-state index contributed by atoms with van der Waals surface area (Å²) in [6, 6.07) is 8.38. The molecule has 88 valence electrons. The van der Waals surface area contributed by atoms with Crippen molar-refractivity contribution in [2.75, 3.05) is 0 Å². The summed E-state index contributed by atoms with van der Waals surface area (Å²) in [7, 11) is 0. The summed E-state index contributed by atoms with van der Waals surface area (Å²) < 4.78 is 0.988. The molecule has 0 aliphatic heterocycles. The van der Waals surface area contributed by atoms with Gasteiger partial charge in [-0.25, -0.2) is 4.79 Å². The fourth-order valence-electron chi connectivity index (χ4n) is 1.52. The van der Waals surface area contributed by atoms with Gasteiger partial charge in [0.2, 0.25) is 0 Å². The van der Waals surface area contributed by atoms with Crippen molar-refractivity contribution in [3.8, 4) is 0 Å². The summed E-state index contributed by atoms with van der Waals surface area (Å²) in [5.41, 5.74) is 7.16. The predicted molar refractivity (Wildman–Crippen MR) is 71.5 cm³/mol. The van der Waals surface area contributed by atoms with Crippen LogP contribution in [0.2, 0.25) is 0 Å². The Hall–Kier alpha value is -1.17. The molecule has 0 radical (unpaired) electrons. The number of carbonyl (C=O) groups is 1. The van der Waals surface area contributed by atoms with E-state index in [4.69, 9.17) is 10.8 Å². The third kappa shape index (κ3) is 2.74. The zero-order valence-corrected chi connectivity index (χ0v) is 11.2. The first-order valence-corrected chi connectivity index (χ1v) is 6.58. The standard InChI is InChI=1S/C12H10BrNO2S/c13-9-5-10(17-6-9)11(14)7-2-1-3-8(4-7)12(15)16/h1-6,11H,14H2,(H,15,16). The molecule has 0 aliphatic rings. The van der Waals surface area contributed by atoms with Gasteiger partial charge in [0.25, 0.3) is 0 Å². The van der Waals surface area contributed by atoms with Crippen molar-refractivity contribution in [2.45, 2.75) is 6.04 Å². The zero-order valence-electron chi connectivity index (χ0n) is 8.76. The van der Waals surface area contributed by atoms with Crippen molar-refractivity contribution in [3.63, 3.8) is 0 Å². The Labute approximate surface area is 111 Å². The van der Waals surface area contributed by atoms with Gasteiger partial charge in [-0.1, -0.05) is 12.1 Å². The van der Waals surface area contributed by atoms with Gasteiger partial charge in [0, 0.05) is 14.7 Å². The van der Waals surface area contributed by atoms with Crippen LogP contribution in [0.5, 0.6) is 0 Å². The molecule has 1 unspecified atom stereocenters. The van der Waals surface area contributed by atoms with Crippen molar-refractivity contribution >= 4 is 33.2 Å². The second-order valence-corrected chi connectivity index (χ2v) is 5.43. The maximum atomic E-state index is 10.9. The Kier molecular flexibility index (Phi) is 3.61. The summed E-state index contributed by atoms with van der Waals surface area (Å²) in [4.78, 5) is 11.9. The molecule has 2 rings (SSSR count). The van der Waals surface area contributed by atoms with E-state index in [-0.39, 0.29) is 11.6 Å². The molecule has 1 heterocycles. The minimum atomic E-state index is -0.939. The van der Waals surface area contributed by atoms with Crippen LogP contribution in [0.3, 0.4) is 0 Å². The highest BCUT2D eigenvalue weighted by molar-refractivity contribution is 9.10. The second kappa shape index (κ2) is 5.00. The van der Waals surface area contributed by atoms with E-state index in [1.54, 1.807) is 29.5 Å². The number of hydrogen-bond donors (Lipinski definition) is 2. The van der Waals surface area contributed by atoms with E-state index in [9.17, 15) is 4.79 Å². The van der Waals surface area contributed by atoms with Crippen molar-refractivity contribution in [3.05, 3.63) is 56.2 Å². The molecule has 3 N–H and O–H groups in total. The molecule has 0 saturated carbocycles. The number of thiophene rings is 1. The number of nitrogens with two attached hydrogens (primary N) is 1. The molecular weight excluding hydrogens is 302 g/mol. The van der Waals surface area contributed by atoms with Crippen LogP contribution < -0.4 is 5.73 Å². The van der Waals surface area contributed by atoms with Gasteiger partial charge in [-0.3, -0.25) is 0 Å². The fourth-order valence-corrected chi connectivity index (χ4v) is 2.99. The van der Waals surface area contributed by atoms with Crippen molar-refractivity contribution < 1.29 is 9.90 Å². The lowest BCUT2D eigenvalue weighted by atomic mass is 10.0. The van der Waals surface area contributed by atoms with E-state index >= 15 is 0 Å². The maximum absolute atomic E-state index is 10.9. The van der Waals surface area contributed by atoms with Crippen LogP contribution in [0.15, 0.2) is 40.2 Å². The van der Waals surface area contributed by atoms with Crippen LogP contribution in [0.1, 0.15) is 26.8 Å². The van der Waals surface area contributed by atoms with Crippen molar-refractivity contribution in [1.29, 1.82) is 0 Å². The number of carboxylic acids is 1. The van der Waals surface area contributed by atoms with E-state index in [1.165, 1.54) is 0 Å². The molecule has 0 spiro atoms. The molecule has 0 aliphatic carbocycles. The molecule has 1 aromatic carbocycles. The zero-order chi connectivity index (χ0) is 12.4. The van der Waals surface area contributed by atoms with Gasteiger partial charge >= 0.3 is 5.97 Å². The van der Waals surface area contributed by atoms with Crippen LogP contribution >= 0.6 is 27.3 Å². The summed E-state index contributed by atoms with van der Waals surface area (Å²) >= 11 is 4.92. The summed E-state index contributed by atoms with van der Waals surface area (Å²) in [5.74, 6) is -0.939. The molecular formula is C12H10BrNO2S. The average molecular weight is 312 g/mol. The van der Waals surface area contributed by atoms with Gasteiger partial charge in [0.05, 0.1) is 11.6 Å². The van der Waals surface area contributed by atoms with Crippen LogP contribution in [-0.4, -0.2) is 11.1 Å². The Morgan fingerprint density at radius 3 is 2.76 bits per heavy atom. The predicted octanol–water partition coefficient (Wildman–Crippen LogP) is 3.26. The summed E-state index contributed by atoms with van der Waals surface area (Å²) in [5, 5.41) is 10.9. The van der Waals surface area contributed by atoms with E-state index in [0.29, 0.717) is 0 Å². The molecule has 0 saturated heterocycles. The van der Waals surface area contributed by atoms with Crippen LogP contribution in [0.25, 0.3) is 0 Å².